The van der Waals surface area contributed by atoms with Gasteiger partial charge in [-0.15, -0.1) is 0 Å². The van der Waals surface area contributed by atoms with Gasteiger partial charge in [0.2, 0.25) is 0 Å². The Bertz CT molecular complexity index is 412. The van der Waals surface area contributed by atoms with Gasteiger partial charge in [0.1, 0.15) is 0 Å². The number of nitrogens with zero attached hydrogens (tertiary/aromatic N) is 1. The van der Waals surface area contributed by atoms with Crippen molar-refractivity contribution in [1.82, 2.24) is 5.32 Å². The number of hydrogen-bond acceptors (Lipinski definition) is 4. The number of halogens is 1. The molecule has 0 amide bonds. The topological polar surface area (TPSA) is 75.4 Å². The van der Waals surface area contributed by atoms with E-state index in [1.165, 1.54) is 6.07 Å². The Kier molecular flexibility index (Phi) is 6.24. The molecular formula is C12H17BrN2O3. The normalized spacial score (nSPS) is 12.4. The third kappa shape index (κ3) is 4.36. The third-order valence-electron chi connectivity index (χ3n) is 2.57. The number of hydrogen-bond donors (Lipinski definition) is 2. The summed E-state index contributed by atoms with van der Waals surface area (Å²) in [7, 11) is 0. The van der Waals surface area contributed by atoms with Gasteiger partial charge >= 0.3 is 0 Å². The van der Waals surface area contributed by atoms with Gasteiger partial charge in [-0.3, -0.25) is 10.1 Å². The monoisotopic (exact) mass is 316 g/mol. The zero-order valence-corrected chi connectivity index (χ0v) is 11.8. The Morgan fingerprint density at radius 2 is 2.28 bits per heavy atom. The molecule has 0 aromatic heterocycles. The van der Waals surface area contributed by atoms with Crippen LogP contribution in [0.5, 0.6) is 0 Å². The maximum absolute atomic E-state index is 10.8. The summed E-state index contributed by atoms with van der Waals surface area (Å²) in [6.07, 6.45) is 1.32. The first kappa shape index (κ1) is 15.1. The average Bonchev–Trinajstić information content (AvgIpc) is 2.31. The minimum Gasteiger partial charge on any atom is -0.392 e. The van der Waals surface area contributed by atoms with Crippen LogP contribution in [0.2, 0.25) is 0 Å². The standard InChI is InChI=1S/C12H17BrN2O3/c1-2-4-10(16)8-14-7-9-5-3-6-11(12(9)13)15(17)18/h3,5-6,10,14,16H,2,4,7-8H2,1H3. The molecular weight excluding hydrogens is 300 g/mol. The first-order valence-corrected chi connectivity index (χ1v) is 6.66. The molecule has 0 bridgehead atoms. The third-order valence-corrected chi connectivity index (χ3v) is 3.49. The van der Waals surface area contributed by atoms with Gasteiger partial charge in [-0.05, 0) is 27.9 Å². The molecule has 0 aliphatic heterocycles. The van der Waals surface area contributed by atoms with Crippen LogP contribution in [-0.4, -0.2) is 22.7 Å². The highest BCUT2D eigenvalue weighted by atomic mass is 79.9. The molecule has 1 atom stereocenters. The molecule has 1 rings (SSSR count). The summed E-state index contributed by atoms with van der Waals surface area (Å²) in [5.74, 6) is 0. The van der Waals surface area contributed by atoms with Gasteiger partial charge in [0.05, 0.1) is 15.5 Å². The van der Waals surface area contributed by atoms with Gasteiger partial charge in [-0.25, -0.2) is 0 Å². The highest BCUT2D eigenvalue weighted by molar-refractivity contribution is 9.10. The van der Waals surface area contributed by atoms with E-state index >= 15 is 0 Å². The van der Waals surface area contributed by atoms with Gasteiger partial charge in [0.25, 0.3) is 5.69 Å². The summed E-state index contributed by atoms with van der Waals surface area (Å²) in [6, 6.07) is 4.93. The van der Waals surface area contributed by atoms with Crippen molar-refractivity contribution in [3.8, 4) is 0 Å². The summed E-state index contributed by atoms with van der Waals surface area (Å²) >= 11 is 3.24. The quantitative estimate of drug-likeness (QED) is 0.599. The van der Waals surface area contributed by atoms with Crippen molar-refractivity contribution >= 4 is 21.6 Å². The molecule has 0 saturated heterocycles. The van der Waals surface area contributed by atoms with Gasteiger partial charge in [-0.2, -0.15) is 0 Å². The van der Waals surface area contributed by atoms with E-state index in [1.54, 1.807) is 6.07 Å². The minimum absolute atomic E-state index is 0.0587. The SMILES string of the molecule is CCCC(O)CNCc1cccc([N+](=O)[O-])c1Br. The van der Waals surface area contributed by atoms with Crippen molar-refractivity contribution in [3.05, 3.63) is 38.3 Å². The highest BCUT2D eigenvalue weighted by Crippen LogP contribution is 2.28. The molecule has 0 aliphatic rings. The van der Waals surface area contributed by atoms with E-state index in [4.69, 9.17) is 0 Å². The Balaban J connectivity index is 2.57. The number of nitro benzene ring substituents is 1. The number of rotatable bonds is 7. The lowest BCUT2D eigenvalue weighted by Crippen LogP contribution is -2.26. The van der Waals surface area contributed by atoms with Crippen molar-refractivity contribution in [2.24, 2.45) is 0 Å². The molecule has 1 aromatic rings. The second-order valence-corrected chi connectivity index (χ2v) is 4.87. The maximum Gasteiger partial charge on any atom is 0.283 e. The highest BCUT2D eigenvalue weighted by Gasteiger charge is 2.14. The average molecular weight is 317 g/mol. The van der Waals surface area contributed by atoms with Gasteiger partial charge < -0.3 is 10.4 Å². The van der Waals surface area contributed by atoms with Crippen LogP contribution in [0, 0.1) is 10.1 Å². The van der Waals surface area contributed by atoms with E-state index in [9.17, 15) is 15.2 Å². The Morgan fingerprint density at radius 3 is 2.89 bits per heavy atom. The number of aliphatic hydroxyl groups excluding tert-OH is 1. The summed E-state index contributed by atoms with van der Waals surface area (Å²) in [5.41, 5.74) is 0.872. The van der Waals surface area contributed by atoms with Crippen LogP contribution >= 0.6 is 15.9 Å². The van der Waals surface area contributed by atoms with Crippen molar-refractivity contribution < 1.29 is 10.0 Å². The molecule has 0 fully saturated rings. The number of nitro groups is 1. The summed E-state index contributed by atoms with van der Waals surface area (Å²) in [6.45, 7) is 2.99. The van der Waals surface area contributed by atoms with Crippen LogP contribution in [0.4, 0.5) is 5.69 Å². The lowest BCUT2D eigenvalue weighted by atomic mass is 10.2. The fraction of sp³-hybridized carbons (Fsp3) is 0.500. The first-order chi connectivity index (χ1) is 8.56. The Hall–Kier alpha value is -0.980. The molecule has 1 unspecified atom stereocenters. The van der Waals surface area contributed by atoms with E-state index < -0.39 is 4.92 Å². The van der Waals surface area contributed by atoms with Crippen molar-refractivity contribution in [2.75, 3.05) is 6.54 Å². The smallest absolute Gasteiger partial charge is 0.283 e. The summed E-state index contributed by atoms with van der Waals surface area (Å²) in [4.78, 5) is 10.3. The van der Waals surface area contributed by atoms with E-state index in [1.807, 2.05) is 13.0 Å². The van der Waals surface area contributed by atoms with Gasteiger partial charge in [-0.1, -0.05) is 25.5 Å². The van der Waals surface area contributed by atoms with Crippen molar-refractivity contribution in [1.29, 1.82) is 0 Å². The lowest BCUT2D eigenvalue weighted by Gasteiger charge is -2.11. The molecule has 1 aromatic carbocycles. The zero-order chi connectivity index (χ0) is 13.5. The maximum atomic E-state index is 10.8. The van der Waals surface area contributed by atoms with E-state index in [0.29, 0.717) is 17.6 Å². The molecule has 0 saturated carbocycles. The molecule has 2 N–H and O–H groups in total. The van der Waals surface area contributed by atoms with Crippen LogP contribution in [0.15, 0.2) is 22.7 Å². The van der Waals surface area contributed by atoms with Gasteiger partial charge in [0.15, 0.2) is 0 Å². The van der Waals surface area contributed by atoms with Crippen molar-refractivity contribution in [2.45, 2.75) is 32.4 Å². The van der Waals surface area contributed by atoms with Crippen LogP contribution in [-0.2, 0) is 6.54 Å². The molecule has 0 aliphatic carbocycles. The Labute approximate surface area is 114 Å². The summed E-state index contributed by atoms with van der Waals surface area (Å²) in [5, 5.41) is 23.4. The second-order valence-electron chi connectivity index (χ2n) is 4.08. The number of benzene rings is 1. The number of nitrogens with one attached hydrogen (secondary N) is 1. The summed E-state index contributed by atoms with van der Waals surface area (Å²) < 4.78 is 0.493. The Morgan fingerprint density at radius 1 is 1.56 bits per heavy atom. The second kappa shape index (κ2) is 7.45. The van der Waals surface area contributed by atoms with Crippen molar-refractivity contribution in [3.63, 3.8) is 0 Å². The first-order valence-electron chi connectivity index (χ1n) is 5.86. The predicted octanol–water partition coefficient (Wildman–Crippen LogP) is 2.61. The zero-order valence-electron chi connectivity index (χ0n) is 10.2. The van der Waals surface area contributed by atoms with Crippen LogP contribution in [0.25, 0.3) is 0 Å². The molecule has 100 valence electrons. The van der Waals surface area contributed by atoms with E-state index in [0.717, 1.165) is 18.4 Å². The molecule has 6 heteroatoms. The molecule has 0 spiro atoms. The fourth-order valence-corrected chi connectivity index (χ4v) is 2.20. The van der Waals surface area contributed by atoms with Gasteiger partial charge in [0, 0.05) is 19.2 Å². The lowest BCUT2D eigenvalue weighted by molar-refractivity contribution is -0.385. The fourth-order valence-electron chi connectivity index (χ4n) is 1.65. The minimum atomic E-state index is -0.417. The van der Waals surface area contributed by atoms with E-state index in [2.05, 4.69) is 21.2 Å². The van der Waals surface area contributed by atoms with E-state index in [-0.39, 0.29) is 11.8 Å². The van der Waals surface area contributed by atoms with Crippen LogP contribution < -0.4 is 5.32 Å². The molecule has 0 heterocycles. The molecule has 18 heavy (non-hydrogen) atoms. The van der Waals surface area contributed by atoms with Crippen LogP contribution in [0.3, 0.4) is 0 Å². The predicted molar refractivity (Wildman–Crippen MR) is 73.4 cm³/mol. The number of aliphatic hydroxyl groups is 1. The molecule has 0 radical (unpaired) electrons. The largest absolute Gasteiger partial charge is 0.392 e. The molecule has 5 nitrogen and oxygen atoms in total. The van der Waals surface area contributed by atoms with Crippen LogP contribution in [0.1, 0.15) is 25.3 Å².